The molecule has 67 heavy (non-hydrogen) atoms. The molecule has 380 valence electrons. The lowest BCUT2D eigenvalue weighted by molar-refractivity contribution is -0.150. The maximum atomic E-state index is 13.2. The molecule has 0 aromatic rings. The number of ether oxygens (including phenoxy) is 1. The van der Waals surface area contributed by atoms with Crippen molar-refractivity contribution in [2.24, 2.45) is 0 Å². The third-order valence-corrected chi connectivity index (χ3v) is 11.7. The lowest BCUT2D eigenvalue weighted by Gasteiger charge is -2.24. The van der Waals surface area contributed by atoms with Crippen LogP contribution in [0.15, 0.2) is 122 Å². The lowest BCUT2D eigenvalue weighted by atomic mass is 10.0. The zero-order valence-corrected chi connectivity index (χ0v) is 43.2. The molecule has 0 aromatic heterocycles. The van der Waals surface area contributed by atoms with Gasteiger partial charge in [-0.3, -0.25) is 9.59 Å². The van der Waals surface area contributed by atoms with Crippen LogP contribution in [0.2, 0.25) is 0 Å². The summed E-state index contributed by atoms with van der Waals surface area (Å²) in [6.45, 7) is 6.27. The second kappa shape index (κ2) is 53.2. The Kier molecular flexibility index (Phi) is 50.2. The Bertz CT molecular complexity index is 1410. The van der Waals surface area contributed by atoms with Gasteiger partial charge in [-0.1, -0.05) is 264 Å². The largest absolute Gasteiger partial charge is 0.461 e. The van der Waals surface area contributed by atoms with Gasteiger partial charge in [0.25, 0.3) is 0 Å². The van der Waals surface area contributed by atoms with E-state index in [9.17, 15) is 19.8 Å². The predicted octanol–water partition coefficient (Wildman–Crippen LogP) is 16.8. The van der Waals surface area contributed by atoms with Gasteiger partial charge in [-0.15, -0.1) is 0 Å². The number of esters is 1. The van der Waals surface area contributed by atoms with Gasteiger partial charge in [0.2, 0.25) is 5.91 Å². The van der Waals surface area contributed by atoms with Gasteiger partial charge < -0.3 is 20.3 Å². The standard InChI is InChI=1S/C61H101NO5/c1-4-7-10-13-16-19-22-25-28-30-33-36-39-42-45-48-51-54-61(66)67-57(52-49-46-43-40-37-34-31-27-24-21-18-15-12-9-6-3)55-60(65)62-58(56-63)59(64)53-50-47-44-41-38-35-32-29-26-23-20-17-14-11-8-5-2/h7,10,13,16,18-19,21-22,25,27-28,30-31,33,36-37,39-40,46,49,57-59,63-64H,4-6,8-9,11-12,14-15,17,20,23-24,26,29,32,34-35,38,41-45,47-48,50-56H2,1-3H3,(H,62,65)/b10-7-,16-13+,21-18-,22-19+,28-25-,31-27-,33-30+,39-36+,40-37-,49-46-. The summed E-state index contributed by atoms with van der Waals surface area (Å²) in [5.41, 5.74) is 0. The minimum Gasteiger partial charge on any atom is -0.461 e. The first-order chi connectivity index (χ1) is 33.0. The first kappa shape index (κ1) is 63.3. The van der Waals surface area contributed by atoms with E-state index in [1.165, 1.54) is 103 Å². The summed E-state index contributed by atoms with van der Waals surface area (Å²) in [6, 6.07) is -0.750. The number of rotatable bonds is 47. The SMILES string of the molecule is CC\C=C/C=C/C=C/C=C\C=C\C=C\CCCCCC(=O)OC(C/C=C\C/C=C\C/C=C\C/C=C\CCCCC)CC(=O)NC(CO)C(O)CCCCCCCCCCCCCCCCCC. The van der Waals surface area contributed by atoms with Crippen molar-refractivity contribution >= 4 is 11.9 Å². The molecule has 3 atom stereocenters. The summed E-state index contributed by atoms with van der Waals surface area (Å²) in [7, 11) is 0. The molecule has 0 saturated carbocycles. The van der Waals surface area contributed by atoms with E-state index in [0.29, 0.717) is 19.3 Å². The molecule has 1 amide bonds. The van der Waals surface area contributed by atoms with Gasteiger partial charge in [0, 0.05) is 12.8 Å². The van der Waals surface area contributed by atoms with Crippen LogP contribution in [0.1, 0.15) is 226 Å². The van der Waals surface area contributed by atoms with Gasteiger partial charge >= 0.3 is 5.97 Å². The summed E-state index contributed by atoms with van der Waals surface area (Å²) >= 11 is 0. The zero-order chi connectivity index (χ0) is 48.8. The third kappa shape index (κ3) is 48.5. The fourth-order valence-electron chi connectivity index (χ4n) is 7.56. The van der Waals surface area contributed by atoms with Crippen molar-refractivity contribution < 1.29 is 24.5 Å². The van der Waals surface area contributed by atoms with E-state index in [1.807, 2.05) is 72.9 Å². The maximum Gasteiger partial charge on any atom is 0.306 e. The van der Waals surface area contributed by atoms with Crippen molar-refractivity contribution in [3.05, 3.63) is 122 Å². The molecule has 0 fully saturated rings. The van der Waals surface area contributed by atoms with Crippen LogP contribution < -0.4 is 5.32 Å². The van der Waals surface area contributed by atoms with Crippen LogP contribution in [-0.2, 0) is 14.3 Å². The molecular weight excluding hydrogens is 827 g/mol. The molecule has 3 unspecified atom stereocenters. The Balaban J connectivity index is 4.79. The smallest absolute Gasteiger partial charge is 0.306 e. The minimum atomic E-state index is -0.828. The molecule has 0 aliphatic rings. The Morgan fingerprint density at radius 2 is 0.896 bits per heavy atom. The van der Waals surface area contributed by atoms with Gasteiger partial charge in [0.05, 0.1) is 25.2 Å². The molecule has 0 spiro atoms. The van der Waals surface area contributed by atoms with Crippen LogP contribution in [0.25, 0.3) is 0 Å². The van der Waals surface area contributed by atoms with Crippen LogP contribution in [-0.4, -0.2) is 46.9 Å². The van der Waals surface area contributed by atoms with Crippen LogP contribution in [0, 0.1) is 0 Å². The van der Waals surface area contributed by atoms with Crippen LogP contribution in [0.5, 0.6) is 0 Å². The second-order valence-corrected chi connectivity index (χ2v) is 18.1. The molecular formula is C61H101NO5. The summed E-state index contributed by atoms with van der Waals surface area (Å²) < 4.78 is 5.86. The van der Waals surface area contributed by atoms with Gasteiger partial charge in [-0.2, -0.15) is 0 Å². The lowest BCUT2D eigenvalue weighted by Crippen LogP contribution is -2.46. The van der Waals surface area contributed by atoms with Crippen molar-refractivity contribution in [1.29, 1.82) is 0 Å². The number of unbranched alkanes of at least 4 members (excludes halogenated alkanes) is 21. The molecule has 6 heteroatoms. The average molecular weight is 928 g/mol. The van der Waals surface area contributed by atoms with Gasteiger partial charge in [-0.05, 0) is 64.2 Å². The predicted molar refractivity (Wildman–Crippen MR) is 291 cm³/mol. The molecule has 0 heterocycles. The summed E-state index contributed by atoms with van der Waals surface area (Å²) in [6.07, 6.45) is 74.1. The highest BCUT2D eigenvalue weighted by Crippen LogP contribution is 2.16. The molecule has 0 saturated heterocycles. The van der Waals surface area contributed by atoms with Crippen LogP contribution >= 0.6 is 0 Å². The molecule has 0 rings (SSSR count). The Labute approximate surface area is 412 Å². The van der Waals surface area contributed by atoms with E-state index in [-0.39, 0.29) is 24.9 Å². The molecule has 3 N–H and O–H groups in total. The fourth-order valence-corrected chi connectivity index (χ4v) is 7.56. The van der Waals surface area contributed by atoms with E-state index in [0.717, 1.165) is 77.0 Å². The van der Waals surface area contributed by atoms with Crippen molar-refractivity contribution in [2.75, 3.05) is 6.61 Å². The van der Waals surface area contributed by atoms with E-state index < -0.39 is 18.2 Å². The number of aliphatic hydroxyl groups excluding tert-OH is 2. The third-order valence-electron chi connectivity index (χ3n) is 11.7. The number of hydrogen-bond donors (Lipinski definition) is 3. The van der Waals surface area contributed by atoms with Crippen molar-refractivity contribution in [1.82, 2.24) is 5.32 Å². The highest BCUT2D eigenvalue weighted by molar-refractivity contribution is 5.77. The van der Waals surface area contributed by atoms with Gasteiger partial charge in [0.15, 0.2) is 0 Å². The highest BCUT2D eigenvalue weighted by atomic mass is 16.5. The highest BCUT2D eigenvalue weighted by Gasteiger charge is 2.23. The Morgan fingerprint density at radius 3 is 1.42 bits per heavy atom. The van der Waals surface area contributed by atoms with Gasteiger partial charge in [0.1, 0.15) is 6.10 Å². The molecule has 0 aliphatic carbocycles. The zero-order valence-electron chi connectivity index (χ0n) is 43.2. The normalized spacial score (nSPS) is 14.2. The van der Waals surface area contributed by atoms with Crippen molar-refractivity contribution in [2.45, 2.75) is 244 Å². The van der Waals surface area contributed by atoms with Crippen molar-refractivity contribution in [3.63, 3.8) is 0 Å². The molecule has 0 bridgehead atoms. The van der Waals surface area contributed by atoms with E-state index in [2.05, 4.69) is 74.7 Å². The molecule has 6 nitrogen and oxygen atoms in total. The van der Waals surface area contributed by atoms with E-state index >= 15 is 0 Å². The molecule has 0 radical (unpaired) electrons. The monoisotopic (exact) mass is 928 g/mol. The number of carbonyl (C=O) groups excluding carboxylic acids is 2. The van der Waals surface area contributed by atoms with Crippen molar-refractivity contribution in [3.8, 4) is 0 Å². The number of aliphatic hydroxyl groups is 2. The first-order valence-corrected chi connectivity index (χ1v) is 27.3. The minimum absolute atomic E-state index is 0.0243. The number of carbonyl (C=O) groups is 2. The van der Waals surface area contributed by atoms with E-state index in [4.69, 9.17) is 4.74 Å². The summed E-state index contributed by atoms with van der Waals surface area (Å²) in [4.78, 5) is 26.2. The van der Waals surface area contributed by atoms with E-state index in [1.54, 1.807) is 0 Å². The number of hydrogen-bond acceptors (Lipinski definition) is 5. The average Bonchev–Trinajstić information content (AvgIpc) is 3.32. The Morgan fingerprint density at radius 1 is 0.478 bits per heavy atom. The number of amides is 1. The molecule has 0 aromatic carbocycles. The second-order valence-electron chi connectivity index (χ2n) is 18.1. The summed E-state index contributed by atoms with van der Waals surface area (Å²) in [5, 5.41) is 23.8. The maximum absolute atomic E-state index is 13.2. The summed E-state index contributed by atoms with van der Waals surface area (Å²) in [5.74, 6) is -0.637. The first-order valence-electron chi connectivity index (χ1n) is 27.3. The van der Waals surface area contributed by atoms with Gasteiger partial charge in [-0.25, -0.2) is 0 Å². The molecule has 0 aliphatic heterocycles. The fraction of sp³-hybridized carbons (Fsp3) is 0.639. The number of allylic oxidation sites excluding steroid dienone is 19. The quantitative estimate of drug-likeness (QED) is 0.0245. The van der Waals surface area contributed by atoms with Crippen LogP contribution in [0.3, 0.4) is 0 Å². The van der Waals surface area contributed by atoms with Crippen LogP contribution in [0.4, 0.5) is 0 Å². The topological polar surface area (TPSA) is 95.9 Å². The number of nitrogens with one attached hydrogen (secondary N) is 1. The Hall–Kier alpha value is -3.74.